The van der Waals surface area contributed by atoms with Crippen molar-refractivity contribution in [2.24, 2.45) is 11.0 Å². The topological polar surface area (TPSA) is 102 Å². The number of nitrogens with two attached hydrogens (primary N) is 1. The van der Waals surface area contributed by atoms with Crippen LogP contribution in [-0.4, -0.2) is 16.1 Å². The molecule has 0 aromatic carbocycles. The molecule has 0 rings (SSSR count). The minimum Gasteiger partial charge on any atom is -0.686 e. The van der Waals surface area contributed by atoms with E-state index < -0.39 is 10.9 Å². The number of amides is 2. The molecule has 0 aliphatic heterocycles. The Morgan fingerprint density at radius 1 is 2.00 bits per heavy atom. The van der Waals surface area contributed by atoms with Gasteiger partial charge in [0.1, 0.15) is 5.28 Å². The van der Waals surface area contributed by atoms with Gasteiger partial charge in [0.15, 0.2) is 0 Å². The third-order valence-electron chi connectivity index (χ3n) is 0.270. The zero-order valence-electron chi connectivity index (χ0n) is 3.24. The van der Waals surface area contributed by atoms with Crippen molar-refractivity contribution in [3.05, 3.63) is 5.21 Å². The Morgan fingerprint density at radius 2 is 2.43 bits per heavy atom. The zero-order chi connectivity index (χ0) is 5.86. The summed E-state index contributed by atoms with van der Waals surface area (Å²) in [5.74, 6) is 0. The van der Waals surface area contributed by atoms with Crippen LogP contribution in [0.2, 0.25) is 0 Å². The predicted octanol–water partition coefficient (Wildman–Crippen LogP) is -0.583. The molecule has 0 unspecified atom stereocenters. The molecule has 0 atom stereocenters. The lowest BCUT2D eigenvalue weighted by Gasteiger charge is -1.90. The van der Waals surface area contributed by atoms with Gasteiger partial charge in [-0.2, -0.15) is 4.79 Å². The van der Waals surface area contributed by atoms with Gasteiger partial charge < -0.3 is 10.4 Å². The average Bonchev–Trinajstić information content (AvgIpc) is 1.65. The Balaban J connectivity index is 3.82. The number of carbonyl (C=O) groups excluding carboxylic acids is 1. The zero-order valence-corrected chi connectivity index (χ0v) is 3.24. The quantitative estimate of drug-likeness (QED) is 0.244. The minimum absolute atomic E-state index is 0.639. The van der Waals surface area contributed by atoms with Crippen molar-refractivity contribution in [3.8, 4) is 0 Å². The summed E-state index contributed by atoms with van der Waals surface area (Å²) in [7, 11) is 0. The summed E-state index contributed by atoms with van der Waals surface area (Å²) in [4.78, 5) is 8.87. The van der Waals surface area contributed by atoms with Gasteiger partial charge in [0.2, 0.25) is 0 Å². The Morgan fingerprint density at radius 3 is 2.43 bits per heavy atom. The number of nitrogens with zero attached hydrogens (tertiary/aromatic N) is 2. The summed E-state index contributed by atoms with van der Waals surface area (Å²) in [5, 5.41) is 18.9. The molecule has 3 N–H and O–H groups in total. The Hall–Kier alpha value is -1.33. The summed E-state index contributed by atoms with van der Waals surface area (Å²) in [5.41, 5.74) is 4.27. The molecule has 0 saturated carbocycles. The first-order valence-corrected chi connectivity index (χ1v) is 1.30. The van der Waals surface area contributed by atoms with E-state index in [9.17, 15) is 10.0 Å². The Labute approximate surface area is 38.4 Å². The minimum atomic E-state index is -1.34. The fourth-order valence-corrected chi connectivity index (χ4v) is 0.0441. The van der Waals surface area contributed by atoms with E-state index in [1.54, 1.807) is 0 Å². The van der Waals surface area contributed by atoms with E-state index in [1.165, 1.54) is 0 Å². The number of carbonyl (C=O) groups is 1. The molecule has 0 aliphatic carbocycles. The highest BCUT2D eigenvalue weighted by Crippen LogP contribution is 1.67. The van der Waals surface area contributed by atoms with Gasteiger partial charge >= 0.3 is 6.03 Å². The fourth-order valence-electron chi connectivity index (χ4n) is 0.0441. The molecule has 0 aromatic rings. The maximum atomic E-state index is 9.54. The van der Waals surface area contributed by atoms with Crippen molar-refractivity contribution in [2.75, 3.05) is 0 Å². The van der Waals surface area contributed by atoms with E-state index in [4.69, 9.17) is 5.21 Å². The molecule has 0 fully saturated rings. The molecule has 0 saturated heterocycles. The molecular weight excluding hydrogens is 102 g/mol. The Kier molecular flexibility index (Phi) is 1.58. The van der Waals surface area contributed by atoms with Crippen molar-refractivity contribution in [1.29, 1.82) is 0 Å². The van der Waals surface area contributed by atoms with Crippen LogP contribution in [0.5, 0.6) is 0 Å². The average molecular weight is 105 g/mol. The van der Waals surface area contributed by atoms with Crippen LogP contribution >= 0.6 is 0 Å². The highest BCUT2D eigenvalue weighted by molar-refractivity contribution is 5.61. The molecule has 0 spiro atoms. The molecule has 6 heteroatoms. The molecular formula is CH3N3O3. The molecule has 40 valence electrons. The summed E-state index contributed by atoms with van der Waals surface area (Å²) in [6.07, 6.45) is 0. The van der Waals surface area contributed by atoms with Crippen LogP contribution in [0, 0.1) is 5.21 Å². The molecule has 0 heterocycles. The maximum absolute atomic E-state index is 9.54. The fraction of sp³-hybridized carbons (Fsp3) is 0. The van der Waals surface area contributed by atoms with Crippen molar-refractivity contribution < 1.29 is 14.9 Å². The van der Waals surface area contributed by atoms with Crippen LogP contribution in [0.3, 0.4) is 0 Å². The largest absolute Gasteiger partial charge is 0.686 e. The normalized spacial score (nSPS) is 11.1. The standard InChI is InChI=1S/CH3N3O3/c2-1(5)4(7)3-6/h6H,(H2,2,5)/b4-3-. The van der Waals surface area contributed by atoms with Crippen LogP contribution in [0.15, 0.2) is 5.28 Å². The van der Waals surface area contributed by atoms with Crippen LogP contribution in [0.1, 0.15) is 0 Å². The number of rotatable bonds is 0. The number of hydrogen-bond acceptors (Lipinski definition) is 3. The lowest BCUT2D eigenvalue weighted by Crippen LogP contribution is -2.19. The smallest absolute Gasteiger partial charge is 0.516 e. The number of hydrogen-bond donors (Lipinski definition) is 2. The van der Waals surface area contributed by atoms with Crippen LogP contribution in [-0.2, 0) is 0 Å². The second kappa shape index (κ2) is 1.96. The molecule has 2 amide bonds. The first kappa shape index (κ1) is 5.67. The van der Waals surface area contributed by atoms with E-state index >= 15 is 0 Å². The molecule has 6 nitrogen and oxygen atoms in total. The lowest BCUT2D eigenvalue weighted by atomic mass is 11.2. The lowest BCUT2D eigenvalue weighted by molar-refractivity contribution is -0.459. The van der Waals surface area contributed by atoms with E-state index in [2.05, 4.69) is 5.73 Å². The van der Waals surface area contributed by atoms with Crippen LogP contribution < -0.4 is 5.73 Å². The highest BCUT2D eigenvalue weighted by Gasteiger charge is 1.97. The van der Waals surface area contributed by atoms with Gasteiger partial charge in [0, 0.05) is 0 Å². The van der Waals surface area contributed by atoms with Gasteiger partial charge in [0.05, 0.1) is 0 Å². The first-order valence-electron chi connectivity index (χ1n) is 1.30. The SMILES string of the molecule is NC(=O)/[N+]([O-])=N/O. The van der Waals surface area contributed by atoms with Crippen molar-refractivity contribution >= 4 is 6.03 Å². The molecule has 0 bridgehead atoms. The Bertz CT molecular complexity index is 107. The molecule has 7 heavy (non-hydrogen) atoms. The first-order chi connectivity index (χ1) is 3.18. The van der Waals surface area contributed by atoms with Crippen LogP contribution in [0.25, 0.3) is 0 Å². The van der Waals surface area contributed by atoms with Crippen LogP contribution in [0.4, 0.5) is 4.79 Å². The predicted molar refractivity (Wildman–Crippen MR) is 17.4 cm³/mol. The van der Waals surface area contributed by atoms with Gasteiger partial charge in [-0.1, -0.05) is 4.86 Å². The van der Waals surface area contributed by atoms with Gasteiger partial charge in [-0.05, 0) is 0 Å². The highest BCUT2D eigenvalue weighted by atomic mass is 16.6. The maximum Gasteiger partial charge on any atom is 0.516 e. The molecule has 0 aliphatic rings. The summed E-state index contributed by atoms with van der Waals surface area (Å²) >= 11 is 0. The van der Waals surface area contributed by atoms with E-state index in [-0.39, 0.29) is 0 Å². The monoisotopic (exact) mass is 105 g/mol. The van der Waals surface area contributed by atoms with Gasteiger partial charge in [-0.3, -0.25) is 0 Å². The van der Waals surface area contributed by atoms with Gasteiger partial charge in [-0.15, -0.1) is 0 Å². The third-order valence-corrected chi connectivity index (χ3v) is 0.270. The molecule has 0 aromatic heterocycles. The van der Waals surface area contributed by atoms with Crippen molar-refractivity contribution in [3.63, 3.8) is 0 Å². The van der Waals surface area contributed by atoms with Crippen molar-refractivity contribution in [1.82, 2.24) is 0 Å². The second-order valence-electron chi connectivity index (χ2n) is 0.701. The van der Waals surface area contributed by atoms with E-state index in [1.807, 2.05) is 5.28 Å². The number of urea groups is 1. The molecule has 0 radical (unpaired) electrons. The number of primary amides is 1. The van der Waals surface area contributed by atoms with E-state index in [0.29, 0.717) is 0 Å². The summed E-state index contributed by atoms with van der Waals surface area (Å²) < 4.78 is 0. The number of hydroxylamine groups is 1. The van der Waals surface area contributed by atoms with Gasteiger partial charge in [0.25, 0.3) is 0 Å². The van der Waals surface area contributed by atoms with Gasteiger partial charge in [-0.25, -0.2) is 5.73 Å². The van der Waals surface area contributed by atoms with E-state index in [0.717, 1.165) is 0 Å². The summed E-state index contributed by atoms with van der Waals surface area (Å²) in [6.45, 7) is 0. The summed E-state index contributed by atoms with van der Waals surface area (Å²) in [6, 6.07) is -1.34. The third kappa shape index (κ3) is 1.53. The van der Waals surface area contributed by atoms with Crippen molar-refractivity contribution in [2.45, 2.75) is 0 Å². The second-order valence-corrected chi connectivity index (χ2v) is 0.701.